The van der Waals surface area contributed by atoms with Crippen LogP contribution in [-0.4, -0.2) is 29.5 Å². The van der Waals surface area contributed by atoms with Crippen molar-refractivity contribution >= 4 is 96.6 Å². The molecule has 0 fully saturated rings. The summed E-state index contributed by atoms with van der Waals surface area (Å²) >= 11 is 3.79. The Morgan fingerprint density at radius 2 is 1.09 bits per heavy atom. The van der Waals surface area contributed by atoms with Gasteiger partial charge in [-0.2, -0.15) is 0 Å². The second-order valence-corrected chi connectivity index (χ2v) is 20.4. The third kappa shape index (κ3) is 5.14. The van der Waals surface area contributed by atoms with E-state index in [1.54, 1.807) is 0 Å². The van der Waals surface area contributed by atoms with Crippen molar-refractivity contribution in [3.8, 4) is 22.3 Å². The number of benzene rings is 8. The Morgan fingerprint density at radius 1 is 0.418 bits per heavy atom. The molecule has 0 saturated carbocycles. The molecule has 0 unspecified atom stereocenters. The summed E-state index contributed by atoms with van der Waals surface area (Å²) in [6, 6.07) is 68.2. The Kier molecular flexibility index (Phi) is 7.47. The predicted molar refractivity (Wildman–Crippen MR) is 236 cm³/mol. The van der Waals surface area contributed by atoms with Gasteiger partial charge < -0.3 is 0 Å². The first kappa shape index (κ1) is 32.3. The van der Waals surface area contributed by atoms with E-state index in [0.717, 1.165) is 49.6 Å². The van der Waals surface area contributed by atoms with E-state index in [9.17, 15) is 0 Å². The summed E-state index contributed by atoms with van der Waals surface area (Å²) in [6.45, 7) is 0. The van der Waals surface area contributed by atoms with Crippen molar-refractivity contribution in [1.29, 1.82) is 0 Å². The molecule has 11 aromatic rings. The fourth-order valence-corrected chi connectivity index (χ4v) is 13.3. The first-order valence-corrected chi connectivity index (χ1v) is 22.5. The van der Waals surface area contributed by atoms with Crippen LogP contribution in [0.5, 0.6) is 0 Å². The van der Waals surface area contributed by atoms with E-state index in [-0.39, 0.29) is 0 Å². The second-order valence-electron chi connectivity index (χ2n) is 14.2. The minimum atomic E-state index is -2.11. The first-order valence-electron chi connectivity index (χ1n) is 18.5. The van der Waals surface area contributed by atoms with Gasteiger partial charge in [0.05, 0.1) is 5.52 Å². The van der Waals surface area contributed by atoms with E-state index in [0.29, 0.717) is 0 Å². The maximum atomic E-state index is 5.34. The number of imidazole rings is 1. The van der Waals surface area contributed by atoms with Crippen LogP contribution in [0.1, 0.15) is 0 Å². The molecular formula is C50H32N3PSe. The molecule has 0 aliphatic heterocycles. The van der Waals surface area contributed by atoms with Crippen LogP contribution in [0.4, 0.5) is 0 Å². The van der Waals surface area contributed by atoms with Crippen molar-refractivity contribution in [2.24, 2.45) is 0 Å². The number of hydrogen-bond donors (Lipinski definition) is 0. The molecule has 0 radical (unpaired) electrons. The van der Waals surface area contributed by atoms with Gasteiger partial charge in [0.25, 0.3) is 0 Å². The fraction of sp³-hybridized carbons (Fsp3) is 0. The van der Waals surface area contributed by atoms with E-state index in [1.807, 2.05) is 12.3 Å². The van der Waals surface area contributed by atoms with Gasteiger partial charge in [-0.15, -0.1) is 0 Å². The standard InChI is InChI=1S/C50H32N3PSe/c55-54(39-15-6-2-7-16-39,40-17-8-3-9-18-40)41-24-27-47-44(31-41)49-42-19-11-10-14-34(42)22-25-43(49)50-52-45-26-23-36(30-48(45)53(47)50)38-28-37-21-20-35(29-46(37)51-32-38)33-12-4-1-5-13-33/h1-32H. The van der Waals surface area contributed by atoms with E-state index < -0.39 is 5.51 Å². The Morgan fingerprint density at radius 3 is 1.87 bits per heavy atom. The minimum absolute atomic E-state index is 0.966. The Balaban J connectivity index is 1.16. The van der Waals surface area contributed by atoms with Crippen molar-refractivity contribution < 1.29 is 0 Å². The molecule has 3 aromatic heterocycles. The topological polar surface area (TPSA) is 30.2 Å². The van der Waals surface area contributed by atoms with Crippen LogP contribution in [0.25, 0.3) is 82.3 Å². The van der Waals surface area contributed by atoms with Gasteiger partial charge in [-0.25, -0.2) is 0 Å². The van der Waals surface area contributed by atoms with Crippen LogP contribution in [0.3, 0.4) is 0 Å². The van der Waals surface area contributed by atoms with E-state index in [4.69, 9.17) is 9.97 Å². The van der Waals surface area contributed by atoms with E-state index >= 15 is 0 Å². The molecule has 0 aliphatic carbocycles. The summed E-state index contributed by atoms with van der Waals surface area (Å²) in [4.78, 5) is 10.3. The maximum absolute atomic E-state index is 5.34. The molecule has 258 valence electrons. The Labute approximate surface area is 325 Å². The van der Waals surface area contributed by atoms with Gasteiger partial charge in [0, 0.05) is 0 Å². The molecule has 0 bridgehead atoms. The molecule has 0 N–H and O–H groups in total. The molecule has 3 nitrogen and oxygen atoms in total. The van der Waals surface area contributed by atoms with Gasteiger partial charge in [-0.1, -0.05) is 42.5 Å². The quantitative estimate of drug-likeness (QED) is 0.0988. The predicted octanol–water partition coefficient (Wildman–Crippen LogP) is 11.2. The van der Waals surface area contributed by atoms with E-state index in [2.05, 4.69) is 201 Å². The number of pyridine rings is 2. The van der Waals surface area contributed by atoms with Gasteiger partial charge in [0.15, 0.2) is 0 Å². The van der Waals surface area contributed by atoms with Crippen molar-refractivity contribution in [1.82, 2.24) is 14.4 Å². The molecule has 0 spiro atoms. The van der Waals surface area contributed by atoms with Crippen molar-refractivity contribution in [3.63, 3.8) is 0 Å². The first-order chi connectivity index (χ1) is 27.1. The van der Waals surface area contributed by atoms with Crippen LogP contribution in [0.2, 0.25) is 0 Å². The van der Waals surface area contributed by atoms with Crippen LogP contribution in [0.15, 0.2) is 194 Å². The molecule has 0 atom stereocenters. The molecule has 0 aliphatic rings. The second kappa shape index (κ2) is 12.7. The van der Waals surface area contributed by atoms with Gasteiger partial charge in [0.2, 0.25) is 0 Å². The van der Waals surface area contributed by atoms with E-state index in [1.165, 1.54) is 48.6 Å². The zero-order chi connectivity index (χ0) is 36.5. The average molecular weight is 785 g/mol. The molecule has 0 saturated heterocycles. The number of hydrogen-bond acceptors (Lipinski definition) is 2. The van der Waals surface area contributed by atoms with Crippen LogP contribution in [-0.2, 0) is 0 Å². The molecule has 0 amide bonds. The molecule has 3 heterocycles. The van der Waals surface area contributed by atoms with Crippen molar-refractivity contribution in [2.45, 2.75) is 0 Å². The average Bonchev–Trinajstić information content (AvgIpc) is 3.65. The molecule has 8 aromatic carbocycles. The zero-order valence-corrected chi connectivity index (χ0v) is 32.3. The third-order valence-electron chi connectivity index (χ3n) is 11.0. The molecule has 55 heavy (non-hydrogen) atoms. The van der Waals surface area contributed by atoms with Crippen LogP contribution >= 0.6 is 5.51 Å². The van der Waals surface area contributed by atoms with Crippen molar-refractivity contribution in [3.05, 3.63) is 194 Å². The SMILES string of the molecule is [Se]=P(c1ccccc1)(c1ccccc1)c1ccc2c(c1)c1c3ccccc3ccc1c1nc3ccc(-c4cnc5cc(-c6ccccc6)ccc5c4)cc3n21. The Hall–Kier alpha value is -6.15. The van der Waals surface area contributed by atoms with Gasteiger partial charge >= 0.3 is 262 Å². The number of aromatic nitrogens is 3. The number of rotatable bonds is 5. The molecular weight excluding hydrogens is 753 g/mol. The molecule has 5 heteroatoms. The van der Waals surface area contributed by atoms with Crippen molar-refractivity contribution in [2.75, 3.05) is 0 Å². The summed E-state index contributed by atoms with van der Waals surface area (Å²) in [5.41, 5.74) is 7.58. The normalized spacial score (nSPS) is 12.1. The summed E-state index contributed by atoms with van der Waals surface area (Å²) in [7, 11) is 0. The summed E-state index contributed by atoms with van der Waals surface area (Å²) < 4.78 is 2.38. The monoisotopic (exact) mass is 785 g/mol. The zero-order valence-electron chi connectivity index (χ0n) is 29.7. The summed E-state index contributed by atoms with van der Waals surface area (Å²) in [5, 5.41) is 11.1. The number of nitrogens with zero attached hydrogens (tertiary/aromatic N) is 3. The fourth-order valence-electron chi connectivity index (χ4n) is 8.36. The van der Waals surface area contributed by atoms with Gasteiger partial charge in [-0.3, -0.25) is 0 Å². The Bertz CT molecular complexity index is 3300. The summed E-state index contributed by atoms with van der Waals surface area (Å²) in [5.74, 6) is 0. The third-order valence-corrected chi connectivity index (χ3v) is 18.1. The number of fused-ring (bicyclic) bond motifs is 11. The summed E-state index contributed by atoms with van der Waals surface area (Å²) in [6.07, 6.45) is 2.00. The van der Waals surface area contributed by atoms with Gasteiger partial charge in [-0.05, 0) is 17.2 Å². The van der Waals surface area contributed by atoms with Gasteiger partial charge in [0.1, 0.15) is 0 Å². The van der Waals surface area contributed by atoms with Crippen LogP contribution in [0, 0.1) is 0 Å². The molecule has 11 rings (SSSR count). The van der Waals surface area contributed by atoms with Crippen LogP contribution < -0.4 is 15.9 Å².